The predicted molar refractivity (Wildman–Crippen MR) is 66.9 cm³/mol. The number of pyridine rings is 1. The molecular weight excluding hydrogens is 246 g/mol. The van der Waals surface area contributed by atoms with Gasteiger partial charge >= 0.3 is 0 Å². The van der Waals surface area contributed by atoms with Crippen LogP contribution in [0.4, 0.5) is 0 Å². The second-order valence-electron chi connectivity index (χ2n) is 4.43. The summed E-state index contributed by atoms with van der Waals surface area (Å²) in [4.78, 5) is 8.52. The van der Waals surface area contributed by atoms with Crippen LogP contribution in [0, 0.1) is 0 Å². The number of methoxy groups -OCH3 is 1. The van der Waals surface area contributed by atoms with E-state index in [1.54, 1.807) is 19.4 Å². The number of hydrogen-bond donors (Lipinski definition) is 0. The average Bonchev–Trinajstić information content (AvgIpc) is 2.98. The van der Waals surface area contributed by atoms with Gasteiger partial charge in [0, 0.05) is 37.0 Å². The molecule has 0 atom stereocenters. The lowest BCUT2D eigenvalue weighted by atomic mass is 10.0. The van der Waals surface area contributed by atoms with Crippen molar-refractivity contribution < 1.29 is 14.0 Å². The van der Waals surface area contributed by atoms with E-state index in [4.69, 9.17) is 14.0 Å². The van der Waals surface area contributed by atoms with Crippen molar-refractivity contribution in [2.45, 2.75) is 18.8 Å². The summed E-state index contributed by atoms with van der Waals surface area (Å²) in [5.74, 6) is 2.10. The number of aromatic nitrogens is 3. The van der Waals surface area contributed by atoms with E-state index in [2.05, 4.69) is 15.1 Å². The highest BCUT2D eigenvalue weighted by atomic mass is 16.5. The van der Waals surface area contributed by atoms with Crippen LogP contribution in [0.1, 0.15) is 24.7 Å². The maximum absolute atomic E-state index is 5.35. The molecule has 0 spiro atoms. The van der Waals surface area contributed by atoms with E-state index >= 15 is 0 Å². The molecule has 0 amide bonds. The van der Waals surface area contributed by atoms with Crippen molar-refractivity contribution >= 4 is 0 Å². The van der Waals surface area contributed by atoms with Crippen LogP contribution < -0.4 is 4.74 Å². The Labute approximate surface area is 110 Å². The number of nitrogens with zero attached hydrogens (tertiary/aromatic N) is 3. The molecule has 0 unspecified atom stereocenters. The highest BCUT2D eigenvalue weighted by molar-refractivity contribution is 5.55. The lowest BCUT2D eigenvalue weighted by molar-refractivity contribution is 0.0778. The van der Waals surface area contributed by atoms with E-state index in [-0.39, 0.29) is 0 Å². The van der Waals surface area contributed by atoms with Gasteiger partial charge in [0.1, 0.15) is 0 Å². The maximum atomic E-state index is 5.35. The monoisotopic (exact) mass is 261 g/mol. The fraction of sp³-hybridized carbons (Fsp3) is 0.462. The summed E-state index contributed by atoms with van der Waals surface area (Å²) in [6.07, 6.45) is 3.53. The molecule has 2 aromatic heterocycles. The van der Waals surface area contributed by atoms with Crippen molar-refractivity contribution in [2.75, 3.05) is 20.3 Å². The summed E-state index contributed by atoms with van der Waals surface area (Å²) in [5.41, 5.74) is 0.842. The molecule has 0 aliphatic carbocycles. The number of rotatable bonds is 3. The zero-order chi connectivity index (χ0) is 13.1. The van der Waals surface area contributed by atoms with Gasteiger partial charge in [0.25, 0.3) is 0 Å². The molecule has 0 aromatic carbocycles. The molecule has 2 aromatic rings. The van der Waals surface area contributed by atoms with Crippen LogP contribution in [0.2, 0.25) is 0 Å². The molecule has 3 heterocycles. The maximum Gasteiger partial charge on any atom is 0.230 e. The second kappa shape index (κ2) is 5.36. The van der Waals surface area contributed by atoms with E-state index in [9.17, 15) is 0 Å². The lowest BCUT2D eigenvalue weighted by Crippen LogP contribution is -2.14. The second-order valence-corrected chi connectivity index (χ2v) is 4.43. The van der Waals surface area contributed by atoms with Crippen molar-refractivity contribution in [3.8, 4) is 17.3 Å². The quantitative estimate of drug-likeness (QED) is 0.842. The van der Waals surface area contributed by atoms with Gasteiger partial charge < -0.3 is 14.0 Å². The van der Waals surface area contributed by atoms with Gasteiger partial charge in [-0.05, 0) is 18.9 Å². The minimum atomic E-state index is 0.304. The molecule has 0 radical (unpaired) electrons. The van der Waals surface area contributed by atoms with Crippen molar-refractivity contribution in [2.24, 2.45) is 0 Å². The Hall–Kier alpha value is -1.95. The highest BCUT2D eigenvalue weighted by Gasteiger charge is 2.22. The zero-order valence-corrected chi connectivity index (χ0v) is 10.7. The van der Waals surface area contributed by atoms with Crippen molar-refractivity contribution in [3.05, 3.63) is 24.2 Å². The summed E-state index contributed by atoms with van der Waals surface area (Å²) in [6.45, 7) is 1.51. The fourth-order valence-corrected chi connectivity index (χ4v) is 2.12. The van der Waals surface area contributed by atoms with E-state index in [1.807, 2.05) is 6.07 Å². The van der Waals surface area contributed by atoms with E-state index in [0.717, 1.165) is 31.6 Å². The normalized spacial score (nSPS) is 16.5. The van der Waals surface area contributed by atoms with Crippen molar-refractivity contribution in [1.82, 2.24) is 15.1 Å². The van der Waals surface area contributed by atoms with Crippen LogP contribution in [-0.4, -0.2) is 35.4 Å². The molecule has 0 N–H and O–H groups in total. The molecule has 1 fully saturated rings. The van der Waals surface area contributed by atoms with Gasteiger partial charge in [-0.25, -0.2) is 4.98 Å². The van der Waals surface area contributed by atoms with E-state index < -0.39 is 0 Å². The summed E-state index contributed by atoms with van der Waals surface area (Å²) in [6, 6.07) is 3.62. The summed E-state index contributed by atoms with van der Waals surface area (Å²) < 4.78 is 15.8. The van der Waals surface area contributed by atoms with E-state index in [1.165, 1.54) is 0 Å². The molecule has 100 valence electrons. The largest absolute Gasteiger partial charge is 0.481 e. The Morgan fingerprint density at radius 2 is 2.16 bits per heavy atom. The van der Waals surface area contributed by atoms with Crippen LogP contribution in [0.5, 0.6) is 5.88 Å². The Bertz CT molecular complexity index is 550. The molecule has 0 bridgehead atoms. The Balaban J connectivity index is 1.83. The van der Waals surface area contributed by atoms with E-state index in [0.29, 0.717) is 23.5 Å². The van der Waals surface area contributed by atoms with Crippen LogP contribution in [0.3, 0.4) is 0 Å². The molecule has 6 heteroatoms. The Kier molecular flexibility index (Phi) is 3.41. The molecular formula is C13H15N3O3. The third kappa shape index (κ3) is 2.58. The highest BCUT2D eigenvalue weighted by Crippen LogP contribution is 2.27. The topological polar surface area (TPSA) is 70.3 Å². The Morgan fingerprint density at radius 1 is 1.32 bits per heavy atom. The third-order valence-corrected chi connectivity index (χ3v) is 3.21. The number of ether oxygens (including phenoxy) is 2. The Morgan fingerprint density at radius 3 is 2.95 bits per heavy atom. The van der Waals surface area contributed by atoms with Crippen molar-refractivity contribution in [3.63, 3.8) is 0 Å². The molecule has 3 rings (SSSR count). The summed E-state index contributed by atoms with van der Waals surface area (Å²) in [7, 11) is 1.58. The molecule has 6 nitrogen and oxygen atoms in total. The van der Waals surface area contributed by atoms with Gasteiger partial charge in [0.2, 0.25) is 17.6 Å². The molecule has 19 heavy (non-hydrogen) atoms. The van der Waals surface area contributed by atoms with Crippen LogP contribution >= 0.6 is 0 Å². The van der Waals surface area contributed by atoms with Gasteiger partial charge in [-0.15, -0.1) is 0 Å². The molecule has 1 saturated heterocycles. The SMILES string of the molecule is COc1cc(-c2noc(C3CCOCC3)n2)ccn1. The van der Waals surface area contributed by atoms with Crippen LogP contribution in [-0.2, 0) is 4.74 Å². The predicted octanol–water partition coefficient (Wildman–Crippen LogP) is 2.03. The first kappa shape index (κ1) is 12.1. The van der Waals surface area contributed by atoms with Gasteiger partial charge in [-0.2, -0.15) is 4.98 Å². The van der Waals surface area contributed by atoms with Crippen LogP contribution in [0.25, 0.3) is 11.4 Å². The molecule has 1 aliphatic rings. The standard InChI is InChI=1S/C13H15N3O3/c1-17-11-8-10(2-5-14-11)12-15-13(19-16-12)9-3-6-18-7-4-9/h2,5,8-9H,3-4,6-7H2,1H3. The average molecular weight is 261 g/mol. The lowest BCUT2D eigenvalue weighted by Gasteiger charge is -2.17. The van der Waals surface area contributed by atoms with Gasteiger partial charge in [-0.1, -0.05) is 5.16 Å². The minimum absolute atomic E-state index is 0.304. The first-order valence-corrected chi connectivity index (χ1v) is 6.28. The molecule has 0 saturated carbocycles. The summed E-state index contributed by atoms with van der Waals surface area (Å²) in [5, 5.41) is 4.03. The van der Waals surface area contributed by atoms with Crippen LogP contribution in [0.15, 0.2) is 22.9 Å². The van der Waals surface area contributed by atoms with Gasteiger partial charge in [0.05, 0.1) is 7.11 Å². The molecule has 1 aliphatic heterocycles. The minimum Gasteiger partial charge on any atom is -0.481 e. The van der Waals surface area contributed by atoms with Crippen molar-refractivity contribution in [1.29, 1.82) is 0 Å². The third-order valence-electron chi connectivity index (χ3n) is 3.21. The van der Waals surface area contributed by atoms with Gasteiger partial charge in [-0.3, -0.25) is 0 Å². The fourth-order valence-electron chi connectivity index (χ4n) is 2.12. The zero-order valence-electron chi connectivity index (χ0n) is 10.7. The first-order chi connectivity index (χ1) is 9.36. The smallest absolute Gasteiger partial charge is 0.230 e. The number of hydrogen-bond acceptors (Lipinski definition) is 6. The first-order valence-electron chi connectivity index (χ1n) is 6.28. The van der Waals surface area contributed by atoms with Gasteiger partial charge in [0.15, 0.2) is 0 Å². The summed E-state index contributed by atoms with van der Waals surface area (Å²) >= 11 is 0.